The monoisotopic (exact) mass is 443 g/mol. The number of hydrogen-bond acceptors (Lipinski definition) is 7. The van der Waals surface area contributed by atoms with Crippen LogP contribution in [0.2, 0.25) is 0 Å². The highest BCUT2D eigenvalue weighted by Crippen LogP contribution is 2.10. The van der Waals surface area contributed by atoms with Crippen molar-refractivity contribution in [3.05, 3.63) is 29.8 Å². The van der Waals surface area contributed by atoms with Crippen LogP contribution in [0.15, 0.2) is 24.3 Å². The number of phenols is 1. The minimum absolute atomic E-state index is 0.0718. The van der Waals surface area contributed by atoms with Crippen LogP contribution in [0, 0.1) is 11.8 Å². The van der Waals surface area contributed by atoms with Crippen LogP contribution in [0.4, 0.5) is 0 Å². The molecule has 10 N–H and O–H groups in total. The average Bonchev–Trinajstić information content (AvgIpc) is 2.68. The lowest BCUT2D eigenvalue weighted by Crippen LogP contribution is -2.36. The molecule has 0 heterocycles. The third-order valence-corrected chi connectivity index (χ3v) is 4.29. The van der Waals surface area contributed by atoms with Crippen LogP contribution >= 0.6 is 0 Å². The van der Waals surface area contributed by atoms with Crippen molar-refractivity contribution in [3.8, 4) is 5.75 Å². The number of phenolic OH excluding ortho intramolecular Hbond substituents is 1. The molecule has 10 nitrogen and oxygen atoms in total. The third kappa shape index (κ3) is 15.8. The molecule has 0 saturated carbocycles. The molecule has 0 fully saturated rings. The van der Waals surface area contributed by atoms with E-state index in [9.17, 15) is 14.4 Å². The summed E-state index contributed by atoms with van der Waals surface area (Å²) >= 11 is 0. The second-order valence-electron chi connectivity index (χ2n) is 7.64. The molecule has 0 aliphatic carbocycles. The fraction of sp³-hybridized carbons (Fsp3) is 0.571. The quantitative estimate of drug-likeness (QED) is 0.290. The summed E-state index contributed by atoms with van der Waals surface area (Å²) in [6, 6.07) is 4.04. The van der Waals surface area contributed by atoms with Crippen molar-refractivity contribution < 1.29 is 34.8 Å². The van der Waals surface area contributed by atoms with Crippen molar-refractivity contribution in [1.82, 2.24) is 0 Å². The predicted molar refractivity (Wildman–Crippen MR) is 118 cm³/mol. The van der Waals surface area contributed by atoms with Gasteiger partial charge in [-0.05, 0) is 42.4 Å². The number of hydrogen-bond donors (Lipinski definition) is 7. The number of aromatic hydroxyl groups is 1. The molecule has 0 bridgehead atoms. The molecule has 178 valence electrons. The van der Waals surface area contributed by atoms with Crippen LogP contribution in [0.1, 0.15) is 46.1 Å². The van der Waals surface area contributed by atoms with E-state index in [1.54, 1.807) is 12.1 Å². The summed E-state index contributed by atoms with van der Waals surface area (Å²) in [5, 5.41) is 34.1. The van der Waals surface area contributed by atoms with E-state index in [4.69, 9.17) is 37.6 Å². The van der Waals surface area contributed by atoms with Gasteiger partial charge in [0.2, 0.25) is 0 Å². The third-order valence-electron chi connectivity index (χ3n) is 4.29. The molecule has 1 aromatic carbocycles. The van der Waals surface area contributed by atoms with Gasteiger partial charge in [-0.15, -0.1) is 0 Å². The minimum Gasteiger partial charge on any atom is -0.508 e. The highest BCUT2D eigenvalue weighted by molar-refractivity contribution is 5.74. The van der Waals surface area contributed by atoms with E-state index in [1.165, 1.54) is 12.1 Å². The van der Waals surface area contributed by atoms with Crippen LogP contribution in [-0.2, 0) is 20.8 Å². The molecule has 0 aliphatic heterocycles. The van der Waals surface area contributed by atoms with Gasteiger partial charge in [-0.1, -0.05) is 46.2 Å². The molecule has 31 heavy (non-hydrogen) atoms. The van der Waals surface area contributed by atoms with Crippen molar-refractivity contribution in [2.45, 2.75) is 65.1 Å². The molecular formula is C21H37N3O7. The number of nitrogens with two attached hydrogens (primary N) is 3. The van der Waals surface area contributed by atoms with Gasteiger partial charge in [-0.2, -0.15) is 0 Å². The normalized spacial score (nSPS) is 14.1. The van der Waals surface area contributed by atoms with E-state index in [1.807, 2.05) is 27.7 Å². The summed E-state index contributed by atoms with van der Waals surface area (Å²) in [7, 11) is 0. The van der Waals surface area contributed by atoms with Crippen molar-refractivity contribution in [1.29, 1.82) is 0 Å². The number of carbonyl (C=O) groups is 3. The molecule has 0 amide bonds. The lowest BCUT2D eigenvalue weighted by atomic mass is 10.0. The summed E-state index contributed by atoms with van der Waals surface area (Å²) in [5.41, 5.74) is 16.6. The zero-order valence-corrected chi connectivity index (χ0v) is 18.6. The molecule has 1 rings (SSSR count). The maximum atomic E-state index is 10.4. The van der Waals surface area contributed by atoms with E-state index < -0.39 is 36.0 Å². The van der Waals surface area contributed by atoms with Gasteiger partial charge in [0.25, 0.3) is 0 Å². The van der Waals surface area contributed by atoms with Gasteiger partial charge in [0, 0.05) is 0 Å². The Bertz CT molecular complexity index is 665. The molecule has 4 unspecified atom stereocenters. The van der Waals surface area contributed by atoms with E-state index >= 15 is 0 Å². The Morgan fingerprint density at radius 1 is 0.839 bits per heavy atom. The fourth-order valence-electron chi connectivity index (χ4n) is 2.08. The summed E-state index contributed by atoms with van der Waals surface area (Å²) in [6.45, 7) is 7.65. The van der Waals surface area contributed by atoms with Crippen LogP contribution < -0.4 is 17.2 Å². The highest BCUT2D eigenvalue weighted by atomic mass is 16.4. The first kappa shape index (κ1) is 30.5. The van der Waals surface area contributed by atoms with E-state index in [-0.39, 0.29) is 18.1 Å². The molecule has 0 aromatic heterocycles. The van der Waals surface area contributed by atoms with E-state index in [0.29, 0.717) is 12.3 Å². The van der Waals surface area contributed by atoms with Crippen molar-refractivity contribution in [2.24, 2.45) is 29.0 Å². The maximum Gasteiger partial charge on any atom is 0.320 e. The zero-order valence-electron chi connectivity index (χ0n) is 18.6. The Morgan fingerprint density at radius 2 is 1.29 bits per heavy atom. The Kier molecular flexibility index (Phi) is 15.8. The first-order valence-corrected chi connectivity index (χ1v) is 9.95. The van der Waals surface area contributed by atoms with Gasteiger partial charge in [-0.3, -0.25) is 14.4 Å². The molecule has 10 heteroatoms. The van der Waals surface area contributed by atoms with Crippen LogP contribution in [0.25, 0.3) is 0 Å². The second kappa shape index (κ2) is 16.1. The van der Waals surface area contributed by atoms with Crippen LogP contribution in [-0.4, -0.2) is 56.5 Å². The smallest absolute Gasteiger partial charge is 0.320 e. The lowest BCUT2D eigenvalue weighted by Gasteiger charge is -2.11. The standard InChI is InChI=1S/C9H11NO3.2C6H13NO2/c10-8(9(12)13)5-6-1-3-7(11)4-2-6;1-4(2)3-5(7)6(8)9;1-3-4(2)5(7)6(8)9/h1-4,8,11H,5,10H2,(H,12,13);2*4-5H,3,7H2,1-2H3,(H,8,9). The predicted octanol–water partition coefficient (Wildman–Crippen LogP) is 1.24. The van der Waals surface area contributed by atoms with Gasteiger partial charge >= 0.3 is 17.9 Å². The average molecular weight is 444 g/mol. The molecule has 0 saturated heterocycles. The van der Waals surface area contributed by atoms with Crippen LogP contribution in [0.5, 0.6) is 5.75 Å². The molecule has 4 atom stereocenters. The number of carboxylic acid groups (broad SMARTS) is 3. The summed E-state index contributed by atoms with van der Waals surface area (Å²) in [6.07, 6.45) is 1.64. The summed E-state index contributed by atoms with van der Waals surface area (Å²) < 4.78 is 0. The number of rotatable bonds is 9. The van der Waals surface area contributed by atoms with Gasteiger partial charge in [-0.25, -0.2) is 0 Å². The van der Waals surface area contributed by atoms with Gasteiger partial charge in [0.05, 0.1) is 0 Å². The number of aliphatic carboxylic acids is 3. The fourth-order valence-corrected chi connectivity index (χ4v) is 2.08. The Morgan fingerprint density at radius 3 is 1.55 bits per heavy atom. The minimum atomic E-state index is -1.02. The maximum absolute atomic E-state index is 10.4. The molecular weight excluding hydrogens is 406 g/mol. The van der Waals surface area contributed by atoms with Gasteiger partial charge < -0.3 is 37.6 Å². The Hall–Kier alpha value is -2.69. The summed E-state index contributed by atoms with van der Waals surface area (Å²) in [5.74, 6) is -2.26. The lowest BCUT2D eigenvalue weighted by molar-refractivity contribution is -0.140. The van der Waals surface area contributed by atoms with Crippen molar-refractivity contribution in [2.75, 3.05) is 0 Å². The van der Waals surface area contributed by atoms with Crippen molar-refractivity contribution in [3.63, 3.8) is 0 Å². The highest BCUT2D eigenvalue weighted by Gasteiger charge is 2.17. The largest absolute Gasteiger partial charge is 0.508 e. The molecule has 1 aromatic rings. The first-order valence-electron chi connectivity index (χ1n) is 9.95. The van der Waals surface area contributed by atoms with E-state index in [2.05, 4.69) is 0 Å². The topological polar surface area (TPSA) is 210 Å². The van der Waals surface area contributed by atoms with Crippen LogP contribution in [0.3, 0.4) is 0 Å². The summed E-state index contributed by atoms with van der Waals surface area (Å²) in [4.78, 5) is 30.7. The first-order chi connectivity index (χ1) is 14.2. The van der Waals surface area contributed by atoms with Gasteiger partial charge in [0.15, 0.2) is 0 Å². The SMILES string of the molecule is CC(C)CC(N)C(=O)O.CCC(C)C(N)C(=O)O.NC(Cc1ccc(O)cc1)C(=O)O. The van der Waals surface area contributed by atoms with E-state index in [0.717, 1.165) is 12.0 Å². The second-order valence-corrected chi connectivity index (χ2v) is 7.64. The van der Waals surface area contributed by atoms with Crippen molar-refractivity contribution >= 4 is 17.9 Å². The zero-order chi connectivity index (χ0) is 24.7. The number of carboxylic acids is 3. The number of benzene rings is 1. The van der Waals surface area contributed by atoms with Gasteiger partial charge in [0.1, 0.15) is 23.9 Å². The molecule has 0 spiro atoms. The Balaban J connectivity index is 0. The molecule has 0 radical (unpaired) electrons. The molecule has 0 aliphatic rings. The Labute approximate surface area is 183 Å².